The molecule has 0 amide bonds. The number of aliphatic hydroxyl groups excluding tert-OH is 1. The molecule has 0 aromatic carbocycles. The molecule has 2 fully saturated rings. The first-order valence-electron chi connectivity index (χ1n) is 6.48. The molecule has 0 aromatic rings. The highest BCUT2D eigenvalue weighted by atomic mass is 16.8. The van der Waals surface area contributed by atoms with Gasteiger partial charge in [0, 0.05) is 13.8 Å². The molecule has 0 spiro atoms. The lowest BCUT2D eigenvalue weighted by atomic mass is 10.0. The van der Waals surface area contributed by atoms with Gasteiger partial charge in [0.05, 0.1) is 13.2 Å². The topological polar surface area (TPSA) is 83.5 Å². The summed E-state index contributed by atoms with van der Waals surface area (Å²) in [5.41, 5.74) is -1.59. The van der Waals surface area contributed by atoms with E-state index in [2.05, 4.69) is 0 Å². The average molecular weight is 286 g/mol. The Balaban J connectivity index is 1.99. The van der Waals surface area contributed by atoms with Crippen molar-refractivity contribution in [3.05, 3.63) is 11.5 Å². The Hall–Kier alpha value is -1.15. The van der Waals surface area contributed by atoms with Crippen molar-refractivity contribution in [2.45, 2.75) is 51.0 Å². The van der Waals surface area contributed by atoms with Gasteiger partial charge in [0.15, 0.2) is 17.3 Å². The van der Waals surface area contributed by atoms with E-state index < -0.39 is 35.9 Å². The standard InChI is InChI=1S/C13H18O7/c1-11(2)16-5-7(18-11)8-9-13(6-14,10(15)17-8)20-12(3,4)19-9/h7,14H,5-6H2,1-4H3. The number of carbonyl (C=O) groups excluding carboxylic acids is 1. The molecule has 0 aromatic heterocycles. The summed E-state index contributed by atoms with van der Waals surface area (Å²) < 4.78 is 27.6. The minimum Gasteiger partial charge on any atom is -0.460 e. The van der Waals surface area contributed by atoms with Gasteiger partial charge in [-0.2, -0.15) is 0 Å². The van der Waals surface area contributed by atoms with Gasteiger partial charge < -0.3 is 28.8 Å². The zero-order valence-electron chi connectivity index (χ0n) is 11.9. The van der Waals surface area contributed by atoms with E-state index in [9.17, 15) is 9.90 Å². The molecule has 3 aliphatic rings. The largest absolute Gasteiger partial charge is 0.460 e. The Bertz CT molecular complexity index is 493. The number of esters is 1. The van der Waals surface area contributed by atoms with Gasteiger partial charge in [-0.15, -0.1) is 0 Å². The van der Waals surface area contributed by atoms with Crippen LogP contribution in [0.1, 0.15) is 27.7 Å². The van der Waals surface area contributed by atoms with Crippen molar-refractivity contribution < 1.29 is 33.6 Å². The third kappa shape index (κ3) is 1.85. The summed E-state index contributed by atoms with van der Waals surface area (Å²) in [6, 6.07) is 0. The molecule has 3 rings (SSSR count). The van der Waals surface area contributed by atoms with Crippen molar-refractivity contribution >= 4 is 5.97 Å². The minimum atomic E-state index is -1.59. The molecule has 20 heavy (non-hydrogen) atoms. The van der Waals surface area contributed by atoms with E-state index in [-0.39, 0.29) is 18.1 Å². The highest BCUT2D eigenvalue weighted by molar-refractivity contribution is 5.88. The van der Waals surface area contributed by atoms with E-state index in [4.69, 9.17) is 23.7 Å². The SMILES string of the molecule is CC1(C)OCC(C2=C3OC(C)(C)OC3(CO)C(=O)O2)O1. The van der Waals surface area contributed by atoms with E-state index in [1.807, 2.05) is 0 Å². The van der Waals surface area contributed by atoms with Crippen LogP contribution in [0, 0.1) is 0 Å². The number of aliphatic hydroxyl groups is 1. The summed E-state index contributed by atoms with van der Waals surface area (Å²) in [5, 5.41) is 9.58. The quantitative estimate of drug-likeness (QED) is 0.736. The van der Waals surface area contributed by atoms with Crippen LogP contribution in [0.25, 0.3) is 0 Å². The van der Waals surface area contributed by atoms with E-state index in [0.29, 0.717) is 0 Å². The minimum absolute atomic E-state index is 0.182. The van der Waals surface area contributed by atoms with Crippen molar-refractivity contribution in [3.63, 3.8) is 0 Å². The third-order valence-electron chi connectivity index (χ3n) is 3.41. The normalized spacial score (nSPS) is 37.9. The van der Waals surface area contributed by atoms with E-state index in [0.717, 1.165) is 0 Å². The predicted octanol–water partition coefficient (Wildman–Crippen LogP) is 0.420. The van der Waals surface area contributed by atoms with Crippen LogP contribution in [0.15, 0.2) is 11.5 Å². The third-order valence-corrected chi connectivity index (χ3v) is 3.41. The molecular formula is C13H18O7. The van der Waals surface area contributed by atoms with Gasteiger partial charge in [-0.05, 0) is 13.8 Å². The zero-order chi connectivity index (χ0) is 14.8. The van der Waals surface area contributed by atoms with Crippen LogP contribution >= 0.6 is 0 Å². The summed E-state index contributed by atoms with van der Waals surface area (Å²) in [7, 11) is 0. The smallest absolute Gasteiger partial charge is 0.354 e. The van der Waals surface area contributed by atoms with Crippen molar-refractivity contribution in [2.75, 3.05) is 13.2 Å². The summed E-state index contributed by atoms with van der Waals surface area (Å²) in [6.45, 7) is 6.55. The summed E-state index contributed by atoms with van der Waals surface area (Å²) in [5.74, 6) is -2.06. The molecule has 1 N–H and O–H groups in total. The van der Waals surface area contributed by atoms with Gasteiger partial charge in [0.1, 0.15) is 6.10 Å². The number of carbonyl (C=O) groups is 1. The molecule has 7 heteroatoms. The lowest BCUT2D eigenvalue weighted by Crippen LogP contribution is -2.43. The molecular weight excluding hydrogens is 268 g/mol. The van der Waals surface area contributed by atoms with Crippen molar-refractivity contribution in [3.8, 4) is 0 Å². The number of hydrogen-bond acceptors (Lipinski definition) is 7. The molecule has 2 unspecified atom stereocenters. The fourth-order valence-electron chi connectivity index (χ4n) is 2.62. The molecule has 0 saturated carbocycles. The molecule has 3 aliphatic heterocycles. The Labute approximate surface area is 116 Å². The van der Waals surface area contributed by atoms with E-state index in [1.165, 1.54) is 0 Å². The molecule has 112 valence electrons. The fourth-order valence-corrected chi connectivity index (χ4v) is 2.62. The zero-order valence-corrected chi connectivity index (χ0v) is 11.9. The first-order valence-corrected chi connectivity index (χ1v) is 6.48. The van der Waals surface area contributed by atoms with Crippen LogP contribution < -0.4 is 0 Å². The second-order valence-corrected chi connectivity index (χ2v) is 5.99. The van der Waals surface area contributed by atoms with Crippen molar-refractivity contribution in [2.24, 2.45) is 0 Å². The summed E-state index contributed by atoms with van der Waals surface area (Å²) in [6.07, 6.45) is -0.560. The molecule has 3 heterocycles. The first-order chi connectivity index (χ1) is 9.19. The van der Waals surface area contributed by atoms with Crippen LogP contribution in [0.4, 0.5) is 0 Å². The van der Waals surface area contributed by atoms with E-state index in [1.54, 1.807) is 27.7 Å². The summed E-state index contributed by atoms with van der Waals surface area (Å²) in [4.78, 5) is 12.1. The monoisotopic (exact) mass is 286 g/mol. The van der Waals surface area contributed by atoms with Crippen molar-refractivity contribution in [1.29, 1.82) is 0 Å². The second-order valence-electron chi connectivity index (χ2n) is 5.99. The summed E-state index contributed by atoms with van der Waals surface area (Å²) >= 11 is 0. The Morgan fingerprint density at radius 2 is 1.95 bits per heavy atom. The van der Waals surface area contributed by atoms with Crippen LogP contribution in [-0.4, -0.2) is 47.6 Å². The maximum absolute atomic E-state index is 12.1. The van der Waals surface area contributed by atoms with Gasteiger partial charge in [0.2, 0.25) is 5.79 Å². The van der Waals surface area contributed by atoms with Crippen molar-refractivity contribution in [1.82, 2.24) is 0 Å². The molecule has 0 bridgehead atoms. The van der Waals surface area contributed by atoms with Gasteiger partial charge in [-0.3, -0.25) is 0 Å². The molecule has 2 atom stereocenters. The maximum Gasteiger partial charge on any atom is 0.354 e. The first kappa shape index (κ1) is 13.8. The molecule has 2 saturated heterocycles. The number of cyclic esters (lactones) is 1. The Kier molecular flexibility index (Phi) is 2.72. The second kappa shape index (κ2) is 3.94. The number of fused-ring (bicyclic) bond motifs is 1. The number of rotatable bonds is 2. The van der Waals surface area contributed by atoms with Gasteiger partial charge in [-0.1, -0.05) is 0 Å². The number of hydrogen-bond donors (Lipinski definition) is 1. The van der Waals surface area contributed by atoms with Gasteiger partial charge >= 0.3 is 5.97 Å². The van der Waals surface area contributed by atoms with Gasteiger partial charge in [-0.25, -0.2) is 4.79 Å². The fraction of sp³-hybridized carbons (Fsp3) is 0.769. The average Bonchev–Trinajstić information content (AvgIpc) is 2.90. The molecule has 0 radical (unpaired) electrons. The lowest BCUT2D eigenvalue weighted by molar-refractivity contribution is -0.194. The lowest BCUT2D eigenvalue weighted by Gasteiger charge is -2.21. The van der Waals surface area contributed by atoms with Crippen LogP contribution in [0.3, 0.4) is 0 Å². The van der Waals surface area contributed by atoms with E-state index >= 15 is 0 Å². The Morgan fingerprint density at radius 3 is 2.50 bits per heavy atom. The molecule has 0 aliphatic carbocycles. The van der Waals surface area contributed by atoms with Gasteiger partial charge in [0.25, 0.3) is 5.60 Å². The highest BCUT2D eigenvalue weighted by Crippen LogP contribution is 2.48. The van der Waals surface area contributed by atoms with Crippen LogP contribution in [-0.2, 0) is 28.5 Å². The maximum atomic E-state index is 12.1. The predicted molar refractivity (Wildman–Crippen MR) is 64.1 cm³/mol. The Morgan fingerprint density at radius 1 is 1.25 bits per heavy atom. The molecule has 7 nitrogen and oxygen atoms in total. The van der Waals surface area contributed by atoms with Crippen LogP contribution in [0.5, 0.6) is 0 Å². The number of ether oxygens (including phenoxy) is 5. The van der Waals surface area contributed by atoms with Crippen LogP contribution in [0.2, 0.25) is 0 Å². The highest BCUT2D eigenvalue weighted by Gasteiger charge is 2.64.